The second-order valence-corrected chi connectivity index (χ2v) is 10.1. The third-order valence-corrected chi connectivity index (χ3v) is 7.86. The zero-order valence-corrected chi connectivity index (χ0v) is 21.3. The largest absolute Gasteiger partial charge is 0.456 e. The Labute approximate surface area is 226 Å². The van der Waals surface area contributed by atoms with Crippen LogP contribution in [0.15, 0.2) is 150 Å². The molecule has 0 unspecified atom stereocenters. The van der Waals surface area contributed by atoms with Crippen molar-refractivity contribution in [3.63, 3.8) is 0 Å². The van der Waals surface area contributed by atoms with Gasteiger partial charge in [-0.15, -0.1) is 0 Å². The Hall–Kier alpha value is -5.14. The maximum absolute atomic E-state index is 6.16. The summed E-state index contributed by atoms with van der Waals surface area (Å²) in [6.45, 7) is 0. The SMILES string of the molecule is c1ccc(-c2c3ccccc3c(-c3ccccc3)c3c(-c4ccc5oc6ccccc6c5c4)cccc23)cc1. The summed E-state index contributed by atoms with van der Waals surface area (Å²) in [5.74, 6) is 0. The first-order valence-electron chi connectivity index (χ1n) is 13.4. The van der Waals surface area contributed by atoms with Crippen molar-refractivity contribution in [1.29, 1.82) is 0 Å². The fourth-order valence-electron chi connectivity index (χ4n) is 6.18. The molecule has 0 N–H and O–H groups in total. The minimum Gasteiger partial charge on any atom is -0.456 e. The lowest BCUT2D eigenvalue weighted by Gasteiger charge is -2.20. The van der Waals surface area contributed by atoms with Crippen molar-refractivity contribution in [2.75, 3.05) is 0 Å². The Balaban J connectivity index is 1.55. The van der Waals surface area contributed by atoms with Gasteiger partial charge in [0.15, 0.2) is 0 Å². The molecule has 1 heteroatoms. The van der Waals surface area contributed by atoms with E-state index in [-0.39, 0.29) is 0 Å². The van der Waals surface area contributed by atoms with E-state index in [9.17, 15) is 0 Å². The van der Waals surface area contributed by atoms with Crippen LogP contribution in [-0.2, 0) is 0 Å². The van der Waals surface area contributed by atoms with Crippen molar-refractivity contribution in [2.45, 2.75) is 0 Å². The lowest BCUT2D eigenvalue weighted by Crippen LogP contribution is -1.93. The highest BCUT2D eigenvalue weighted by molar-refractivity contribution is 6.25. The second-order valence-electron chi connectivity index (χ2n) is 10.1. The van der Waals surface area contributed by atoms with Crippen LogP contribution in [-0.4, -0.2) is 0 Å². The lowest BCUT2D eigenvalue weighted by molar-refractivity contribution is 0.669. The van der Waals surface area contributed by atoms with Gasteiger partial charge in [0.05, 0.1) is 0 Å². The molecule has 0 bridgehead atoms. The van der Waals surface area contributed by atoms with Crippen molar-refractivity contribution in [1.82, 2.24) is 0 Å². The quantitative estimate of drug-likeness (QED) is 0.222. The van der Waals surface area contributed by atoms with Crippen LogP contribution in [0.5, 0.6) is 0 Å². The average molecular weight is 497 g/mol. The predicted molar refractivity (Wildman–Crippen MR) is 165 cm³/mol. The molecular weight excluding hydrogens is 472 g/mol. The molecule has 1 aromatic heterocycles. The molecule has 0 atom stereocenters. The van der Waals surface area contributed by atoms with Crippen molar-refractivity contribution >= 4 is 43.5 Å². The van der Waals surface area contributed by atoms with Crippen LogP contribution in [0.2, 0.25) is 0 Å². The Bertz CT molecular complexity index is 2150. The molecule has 0 aliphatic carbocycles. The first-order valence-corrected chi connectivity index (χ1v) is 13.4. The Morgan fingerprint density at radius 2 is 0.897 bits per heavy atom. The fraction of sp³-hybridized carbons (Fsp3) is 0. The maximum Gasteiger partial charge on any atom is 0.135 e. The molecule has 0 saturated carbocycles. The Morgan fingerprint density at radius 3 is 1.64 bits per heavy atom. The van der Waals surface area contributed by atoms with Crippen LogP contribution in [0.1, 0.15) is 0 Å². The third-order valence-electron chi connectivity index (χ3n) is 7.86. The molecule has 39 heavy (non-hydrogen) atoms. The Kier molecular flexibility index (Phi) is 4.89. The molecule has 0 radical (unpaired) electrons. The molecule has 0 amide bonds. The smallest absolute Gasteiger partial charge is 0.135 e. The molecule has 0 spiro atoms. The van der Waals surface area contributed by atoms with Gasteiger partial charge in [0.25, 0.3) is 0 Å². The maximum atomic E-state index is 6.16. The second kappa shape index (κ2) is 8.72. The van der Waals surface area contributed by atoms with Crippen molar-refractivity contribution in [3.8, 4) is 33.4 Å². The summed E-state index contributed by atoms with van der Waals surface area (Å²) in [5, 5.41) is 7.35. The topological polar surface area (TPSA) is 13.1 Å². The molecule has 182 valence electrons. The van der Waals surface area contributed by atoms with Crippen LogP contribution >= 0.6 is 0 Å². The Morgan fingerprint density at radius 1 is 0.333 bits per heavy atom. The van der Waals surface area contributed by atoms with E-state index in [2.05, 4.69) is 133 Å². The molecule has 1 heterocycles. The zero-order valence-electron chi connectivity index (χ0n) is 21.3. The van der Waals surface area contributed by atoms with Gasteiger partial charge >= 0.3 is 0 Å². The van der Waals surface area contributed by atoms with E-state index >= 15 is 0 Å². The monoisotopic (exact) mass is 496 g/mol. The van der Waals surface area contributed by atoms with Gasteiger partial charge in [0.2, 0.25) is 0 Å². The van der Waals surface area contributed by atoms with Crippen LogP contribution in [0.3, 0.4) is 0 Å². The van der Waals surface area contributed by atoms with Gasteiger partial charge < -0.3 is 4.42 Å². The van der Waals surface area contributed by atoms with Gasteiger partial charge in [0, 0.05) is 10.8 Å². The number of fused-ring (bicyclic) bond motifs is 5. The van der Waals surface area contributed by atoms with E-state index in [1.807, 2.05) is 12.1 Å². The van der Waals surface area contributed by atoms with Crippen LogP contribution < -0.4 is 0 Å². The summed E-state index contributed by atoms with van der Waals surface area (Å²) in [7, 11) is 0. The third kappa shape index (κ3) is 3.41. The van der Waals surface area contributed by atoms with E-state index in [0.717, 1.165) is 21.9 Å². The van der Waals surface area contributed by atoms with Gasteiger partial charge in [-0.1, -0.05) is 127 Å². The standard InChI is InChI=1S/C38H24O/c1-3-12-25(13-4-1)36-30-17-7-8-18-31(30)37(26-14-5-2-6-15-26)38-28(19-11-20-32(36)38)27-22-23-35-33(24-27)29-16-9-10-21-34(29)39-35/h1-24H. The normalized spacial score (nSPS) is 11.6. The van der Waals surface area contributed by atoms with Crippen LogP contribution in [0.25, 0.3) is 76.9 Å². The summed E-state index contributed by atoms with van der Waals surface area (Å²) in [5.41, 5.74) is 9.25. The first kappa shape index (κ1) is 21.9. The van der Waals surface area contributed by atoms with Crippen LogP contribution in [0, 0.1) is 0 Å². The van der Waals surface area contributed by atoms with Gasteiger partial charge in [-0.2, -0.15) is 0 Å². The van der Waals surface area contributed by atoms with Gasteiger partial charge in [-0.3, -0.25) is 0 Å². The van der Waals surface area contributed by atoms with E-state index < -0.39 is 0 Å². The highest BCUT2D eigenvalue weighted by atomic mass is 16.3. The average Bonchev–Trinajstić information content (AvgIpc) is 3.38. The number of hydrogen-bond acceptors (Lipinski definition) is 1. The number of para-hydroxylation sites is 1. The fourth-order valence-corrected chi connectivity index (χ4v) is 6.18. The number of rotatable bonds is 3. The molecular formula is C38H24O. The highest BCUT2D eigenvalue weighted by Crippen LogP contribution is 2.47. The number of furan rings is 1. The van der Waals surface area contributed by atoms with Gasteiger partial charge in [-0.25, -0.2) is 0 Å². The number of hydrogen-bond donors (Lipinski definition) is 0. The van der Waals surface area contributed by atoms with Crippen molar-refractivity contribution in [2.24, 2.45) is 0 Å². The highest BCUT2D eigenvalue weighted by Gasteiger charge is 2.20. The molecule has 8 aromatic rings. The summed E-state index contributed by atoms with van der Waals surface area (Å²) in [6, 6.07) is 52.1. The van der Waals surface area contributed by atoms with E-state index in [1.165, 1.54) is 54.9 Å². The summed E-state index contributed by atoms with van der Waals surface area (Å²) >= 11 is 0. The van der Waals surface area contributed by atoms with Crippen molar-refractivity contribution in [3.05, 3.63) is 146 Å². The molecule has 0 aliphatic rings. The van der Waals surface area contributed by atoms with Crippen LogP contribution in [0.4, 0.5) is 0 Å². The van der Waals surface area contributed by atoms with E-state index in [0.29, 0.717) is 0 Å². The van der Waals surface area contributed by atoms with Gasteiger partial charge in [0.1, 0.15) is 11.2 Å². The lowest BCUT2D eigenvalue weighted by atomic mass is 9.83. The summed E-state index contributed by atoms with van der Waals surface area (Å²) < 4.78 is 6.16. The van der Waals surface area contributed by atoms with E-state index in [1.54, 1.807) is 0 Å². The number of benzene rings is 7. The zero-order chi connectivity index (χ0) is 25.8. The molecule has 8 rings (SSSR count). The molecule has 7 aromatic carbocycles. The summed E-state index contributed by atoms with van der Waals surface area (Å²) in [6.07, 6.45) is 0. The molecule has 0 saturated heterocycles. The van der Waals surface area contributed by atoms with Crippen molar-refractivity contribution < 1.29 is 4.42 Å². The molecule has 0 aliphatic heterocycles. The minimum absolute atomic E-state index is 0.916. The predicted octanol–water partition coefficient (Wildman–Crippen LogP) is 10.9. The summed E-state index contributed by atoms with van der Waals surface area (Å²) in [4.78, 5) is 0. The van der Waals surface area contributed by atoms with Gasteiger partial charge in [-0.05, 0) is 73.1 Å². The van der Waals surface area contributed by atoms with E-state index in [4.69, 9.17) is 4.42 Å². The minimum atomic E-state index is 0.916. The first-order chi connectivity index (χ1) is 19.4. The molecule has 0 fully saturated rings. The molecule has 1 nitrogen and oxygen atoms in total.